The summed E-state index contributed by atoms with van der Waals surface area (Å²) in [5.41, 5.74) is -5.93. The molecule has 2 rings (SSSR count). The lowest BCUT2D eigenvalue weighted by atomic mass is 9.80. The Kier molecular flexibility index (Phi) is 16.0. The molecule has 1 aromatic rings. The van der Waals surface area contributed by atoms with Gasteiger partial charge in [-0.05, 0) is 12.8 Å². The first-order valence-corrected chi connectivity index (χ1v) is 17.3. The number of non-ortho nitro benzene ring substituents is 1. The summed E-state index contributed by atoms with van der Waals surface area (Å²) in [6.07, 6.45) is -35.3. The number of methoxy groups -OCH3 is 1. The molecule has 1 aromatic carbocycles. The van der Waals surface area contributed by atoms with Crippen LogP contribution in [0, 0.1) is 10.1 Å². The van der Waals surface area contributed by atoms with Gasteiger partial charge in [-0.3, -0.25) is 10.1 Å². The largest absolute Gasteiger partial charge is 0.460 e. The van der Waals surface area contributed by atoms with Crippen LogP contribution in [-0.2, 0) is 14.2 Å². The maximum Gasteiger partial charge on any atom is 0.460 e. The van der Waals surface area contributed by atoms with Crippen molar-refractivity contribution in [3.8, 4) is 0 Å². The second kappa shape index (κ2) is 17.9. The van der Waals surface area contributed by atoms with Gasteiger partial charge in [0, 0.05) is 37.6 Å². The zero-order valence-corrected chi connectivity index (χ0v) is 32.8. The minimum atomic E-state index is -9.23. The highest BCUT2D eigenvalue weighted by atomic mass is 19.4. The van der Waals surface area contributed by atoms with E-state index in [1.165, 1.54) is 0 Å². The van der Waals surface area contributed by atoms with Crippen molar-refractivity contribution in [2.45, 2.75) is 139 Å². The van der Waals surface area contributed by atoms with Crippen molar-refractivity contribution >= 4 is 5.69 Å². The number of hydrogen-bond acceptors (Lipinski definition) is 5. The molecule has 1 saturated heterocycles. The number of rotatable bonds is 22. The number of halogens is 34. The molecular weight excluding hydrogens is 1110 g/mol. The van der Waals surface area contributed by atoms with E-state index in [4.69, 9.17) is 9.47 Å². The molecule has 1 aliphatic rings. The summed E-state index contributed by atoms with van der Waals surface area (Å²) in [7, 11) is -0.213. The minimum Gasteiger partial charge on any atom is -0.375 e. The summed E-state index contributed by atoms with van der Waals surface area (Å²) in [5, 5.41) is 11.1. The zero-order valence-electron chi connectivity index (χ0n) is 32.8. The van der Waals surface area contributed by atoms with Crippen molar-refractivity contribution < 1.29 is 168 Å². The van der Waals surface area contributed by atoms with Crippen LogP contribution in [0.15, 0.2) is 24.3 Å². The SMILES string of the molecule is COC(CCC(F)(F)C(F)(F)C(F)(F)C(F)(F)C(F)(F)C(F)(F)C(F)(F)C(F)(F)F)(CCC(F)(F)C(F)(F)C(F)(F)C(F)(F)C(F)(F)C(F)(F)C(F)(F)C(F)(F)F)C1COC(c2cccc([N+](=O)[O-])c2)O1. The van der Waals surface area contributed by atoms with Gasteiger partial charge in [0.25, 0.3) is 5.69 Å². The summed E-state index contributed by atoms with van der Waals surface area (Å²) in [4.78, 5) is 9.88. The Bertz CT molecular complexity index is 1960. The van der Waals surface area contributed by atoms with Crippen LogP contribution >= 0.6 is 0 Å². The number of nitrogens with zero attached hydrogens (tertiary/aromatic N) is 1. The molecule has 0 aliphatic carbocycles. The number of nitro groups is 1. The van der Waals surface area contributed by atoms with E-state index in [0.717, 1.165) is 0 Å². The van der Waals surface area contributed by atoms with E-state index >= 15 is 17.6 Å². The lowest BCUT2D eigenvalue weighted by Gasteiger charge is -2.44. The first kappa shape index (κ1) is 63.2. The van der Waals surface area contributed by atoms with Crippen molar-refractivity contribution in [2.75, 3.05) is 13.7 Å². The average Bonchev–Trinajstić information content (AvgIpc) is 3.70. The normalized spacial score (nSPS) is 19.1. The third-order valence-corrected chi connectivity index (χ3v) is 10.3. The van der Waals surface area contributed by atoms with Crippen molar-refractivity contribution in [3.05, 3.63) is 39.9 Å². The van der Waals surface area contributed by atoms with Gasteiger partial charge >= 0.3 is 95.3 Å². The highest BCUT2D eigenvalue weighted by Gasteiger charge is 2.97. The fourth-order valence-electron chi connectivity index (χ4n) is 5.86. The van der Waals surface area contributed by atoms with Crippen LogP contribution < -0.4 is 0 Å². The van der Waals surface area contributed by atoms with E-state index in [9.17, 15) is 142 Å². The number of hydrogen-bond donors (Lipinski definition) is 0. The smallest absolute Gasteiger partial charge is 0.375 e. The number of ether oxygens (including phenoxy) is 3. The van der Waals surface area contributed by atoms with Crippen LogP contribution in [0.2, 0.25) is 0 Å². The van der Waals surface area contributed by atoms with E-state index in [2.05, 4.69) is 4.74 Å². The summed E-state index contributed by atoms with van der Waals surface area (Å²) in [6, 6.07) is 2.40. The molecule has 71 heavy (non-hydrogen) atoms. The molecule has 2 unspecified atom stereocenters. The second-order valence-electron chi connectivity index (χ2n) is 14.7. The fourth-order valence-corrected chi connectivity index (χ4v) is 5.86. The topological polar surface area (TPSA) is 70.8 Å². The van der Waals surface area contributed by atoms with Crippen LogP contribution in [0.1, 0.15) is 37.5 Å². The molecule has 0 spiro atoms. The molecule has 0 saturated carbocycles. The van der Waals surface area contributed by atoms with Gasteiger partial charge in [0.2, 0.25) is 0 Å². The quantitative estimate of drug-likeness (QED) is 0.0657. The van der Waals surface area contributed by atoms with Crippen molar-refractivity contribution in [1.82, 2.24) is 0 Å². The molecule has 0 N–H and O–H groups in total. The Morgan fingerprint density at radius 3 is 1.06 bits per heavy atom. The van der Waals surface area contributed by atoms with Crippen LogP contribution in [0.4, 0.5) is 155 Å². The van der Waals surface area contributed by atoms with Gasteiger partial charge in [0.05, 0.1) is 17.1 Å². The standard InChI is InChI=1S/C31H19F34NO5/c1-69-15(13-10-70-14(71-13)11-3-2-4-12(9-11)66(67)68,5-7-16(32,33)18(36,37)20(40,41)22(44,45)24(48,49)26(52,53)28(56,57)30(60,61)62)6-8-17(34,35)19(38,39)21(42,43)23(46,47)25(50,51)27(54,55)29(58,59)31(63,64)65/h2-4,9,13-14H,5-8,10H2,1H3. The predicted molar refractivity (Wildman–Crippen MR) is 156 cm³/mol. The van der Waals surface area contributed by atoms with Gasteiger partial charge < -0.3 is 14.2 Å². The van der Waals surface area contributed by atoms with Crippen LogP contribution in [-0.4, -0.2) is 126 Å². The van der Waals surface area contributed by atoms with Gasteiger partial charge in [0.15, 0.2) is 6.29 Å². The monoisotopic (exact) mass is 1130 g/mol. The average molecular weight is 1130 g/mol. The van der Waals surface area contributed by atoms with Crippen LogP contribution in [0.5, 0.6) is 0 Å². The van der Waals surface area contributed by atoms with Gasteiger partial charge in [-0.1, -0.05) is 12.1 Å². The molecule has 2 atom stereocenters. The van der Waals surface area contributed by atoms with Gasteiger partial charge in [-0.15, -0.1) is 0 Å². The Labute approximate surface area is 367 Å². The molecule has 416 valence electrons. The van der Waals surface area contributed by atoms with E-state index in [1.807, 2.05) is 0 Å². The molecule has 0 aromatic heterocycles. The van der Waals surface area contributed by atoms with Crippen LogP contribution in [0.3, 0.4) is 0 Å². The summed E-state index contributed by atoms with van der Waals surface area (Å²) in [5.74, 6) is -123. The maximum atomic E-state index is 15.0. The van der Waals surface area contributed by atoms with Crippen LogP contribution in [0.25, 0.3) is 0 Å². The van der Waals surface area contributed by atoms with E-state index in [1.54, 1.807) is 0 Å². The molecule has 0 amide bonds. The third kappa shape index (κ3) is 9.18. The van der Waals surface area contributed by atoms with Crippen molar-refractivity contribution in [3.63, 3.8) is 0 Å². The molecule has 6 nitrogen and oxygen atoms in total. The van der Waals surface area contributed by atoms with Crippen molar-refractivity contribution in [1.29, 1.82) is 0 Å². The van der Waals surface area contributed by atoms with E-state index in [0.29, 0.717) is 24.3 Å². The number of benzene rings is 1. The first-order valence-electron chi connectivity index (χ1n) is 17.3. The number of nitro benzene ring substituents is 1. The third-order valence-electron chi connectivity index (χ3n) is 10.3. The maximum absolute atomic E-state index is 15.0. The van der Waals surface area contributed by atoms with Crippen molar-refractivity contribution in [2.24, 2.45) is 0 Å². The lowest BCUT2D eigenvalue weighted by molar-refractivity contribution is -0.462. The second-order valence-corrected chi connectivity index (χ2v) is 14.7. The van der Waals surface area contributed by atoms with E-state index in [-0.39, 0.29) is 7.11 Å². The van der Waals surface area contributed by atoms with Gasteiger partial charge in [-0.2, -0.15) is 149 Å². The summed E-state index contributed by atoms with van der Waals surface area (Å²) < 4.78 is 486. The molecular formula is C31H19F34NO5. The minimum absolute atomic E-state index is 0.213. The molecule has 40 heteroatoms. The Hall–Kier alpha value is -3.88. The summed E-state index contributed by atoms with van der Waals surface area (Å²) in [6.45, 7) is -1.75. The highest BCUT2D eigenvalue weighted by Crippen LogP contribution is 2.67. The first-order chi connectivity index (χ1) is 30.9. The lowest BCUT2D eigenvalue weighted by Crippen LogP contribution is -2.74. The zero-order chi connectivity index (χ0) is 56.9. The molecule has 1 heterocycles. The van der Waals surface area contributed by atoms with Gasteiger partial charge in [-0.25, -0.2) is 0 Å². The Balaban J connectivity index is 2.81. The number of alkyl halides is 34. The van der Waals surface area contributed by atoms with Gasteiger partial charge in [0.1, 0.15) is 6.10 Å². The Morgan fingerprint density at radius 2 is 0.775 bits per heavy atom. The summed E-state index contributed by atoms with van der Waals surface area (Å²) >= 11 is 0. The predicted octanol–water partition coefficient (Wildman–Crippen LogP) is 14.0. The fraction of sp³-hybridized carbons (Fsp3) is 0.806. The van der Waals surface area contributed by atoms with E-state index < -0.39 is 162 Å². The molecule has 1 fully saturated rings. The Morgan fingerprint density at radius 1 is 0.479 bits per heavy atom. The molecule has 1 aliphatic heterocycles. The molecule has 0 radical (unpaired) electrons. The molecule has 0 bridgehead atoms. The highest BCUT2D eigenvalue weighted by molar-refractivity contribution is 5.35.